The number of hydrogen-bond donors (Lipinski definition) is 2. The van der Waals surface area contributed by atoms with E-state index in [0.717, 1.165) is 0 Å². The van der Waals surface area contributed by atoms with Crippen molar-refractivity contribution in [2.45, 2.75) is 6.42 Å². The van der Waals surface area contributed by atoms with Crippen molar-refractivity contribution in [1.82, 2.24) is 10.2 Å². The summed E-state index contributed by atoms with van der Waals surface area (Å²) in [5.74, 6) is -1.94. The number of carboxylic acid groups (broad SMARTS) is 1. The molecular weight excluding hydrogens is 140 g/mol. The maximum atomic E-state index is 10.2. The molecule has 0 bridgehead atoms. The third kappa shape index (κ3) is 1.44. The molecule has 0 aromatic carbocycles. The highest BCUT2D eigenvalue weighted by Crippen LogP contribution is 1.87. The predicted octanol–water partition coefficient (Wildman–Crippen LogP) is -1.01. The van der Waals surface area contributed by atoms with Crippen molar-refractivity contribution in [3.63, 3.8) is 0 Å². The minimum absolute atomic E-state index is 0.113. The summed E-state index contributed by atoms with van der Waals surface area (Å²) in [7, 11) is 0. The fourth-order valence-electron chi connectivity index (χ4n) is 0.466. The summed E-state index contributed by atoms with van der Waals surface area (Å²) in [4.78, 5) is 20.2. The van der Waals surface area contributed by atoms with Gasteiger partial charge in [-0.3, -0.25) is 4.79 Å². The molecule has 0 aliphatic carbocycles. The second kappa shape index (κ2) is 2.34. The number of carboxylic acids is 1. The Morgan fingerprint density at radius 2 is 2.50 bits per heavy atom. The van der Waals surface area contributed by atoms with Crippen LogP contribution in [-0.2, 0) is 11.2 Å². The Morgan fingerprint density at radius 3 is 2.90 bits per heavy atom. The second-order valence-electron chi connectivity index (χ2n) is 1.58. The van der Waals surface area contributed by atoms with Crippen molar-refractivity contribution in [2.75, 3.05) is 0 Å². The molecule has 0 spiro atoms. The van der Waals surface area contributed by atoms with Gasteiger partial charge in [0.2, 0.25) is 5.89 Å². The topological polar surface area (TPSA) is 96.2 Å². The van der Waals surface area contributed by atoms with Gasteiger partial charge in [0.15, 0.2) is 0 Å². The van der Waals surface area contributed by atoms with Gasteiger partial charge in [-0.25, -0.2) is 9.89 Å². The Morgan fingerprint density at radius 1 is 1.80 bits per heavy atom. The maximum Gasteiger partial charge on any atom is 0.434 e. The molecule has 0 aliphatic rings. The molecule has 6 nitrogen and oxygen atoms in total. The van der Waals surface area contributed by atoms with Crippen LogP contribution in [0.4, 0.5) is 0 Å². The lowest BCUT2D eigenvalue weighted by Crippen LogP contribution is -2.00. The van der Waals surface area contributed by atoms with Gasteiger partial charge in [0.25, 0.3) is 0 Å². The van der Waals surface area contributed by atoms with E-state index in [0.29, 0.717) is 0 Å². The van der Waals surface area contributed by atoms with E-state index in [1.54, 1.807) is 0 Å². The van der Waals surface area contributed by atoms with Crippen LogP contribution >= 0.6 is 0 Å². The summed E-state index contributed by atoms with van der Waals surface area (Å²) >= 11 is 0. The molecule has 6 heteroatoms. The van der Waals surface area contributed by atoms with Crippen molar-refractivity contribution < 1.29 is 14.3 Å². The Balaban J connectivity index is 2.76. The van der Waals surface area contributed by atoms with Crippen molar-refractivity contribution in [1.29, 1.82) is 0 Å². The van der Waals surface area contributed by atoms with Gasteiger partial charge in [-0.05, 0) is 0 Å². The molecule has 0 atom stereocenters. The van der Waals surface area contributed by atoms with Crippen molar-refractivity contribution in [3.05, 3.63) is 16.4 Å². The van der Waals surface area contributed by atoms with Crippen LogP contribution in [0.25, 0.3) is 0 Å². The van der Waals surface area contributed by atoms with Crippen LogP contribution in [0.1, 0.15) is 5.89 Å². The maximum absolute atomic E-state index is 10.2. The number of aromatic nitrogens is 2. The summed E-state index contributed by atoms with van der Waals surface area (Å²) in [5.41, 5.74) is 0. The number of nitrogens with zero attached hydrogens (tertiary/aromatic N) is 1. The molecule has 2 N–H and O–H groups in total. The van der Waals surface area contributed by atoms with E-state index in [9.17, 15) is 9.59 Å². The van der Waals surface area contributed by atoms with Gasteiger partial charge >= 0.3 is 11.7 Å². The molecule has 1 aromatic heterocycles. The van der Waals surface area contributed by atoms with E-state index < -0.39 is 11.7 Å². The highest BCUT2D eigenvalue weighted by atomic mass is 16.4. The van der Waals surface area contributed by atoms with E-state index in [1.165, 1.54) is 0 Å². The molecule has 0 saturated carbocycles. The molecule has 0 fully saturated rings. The number of H-pyrrole nitrogens is 1. The van der Waals surface area contributed by atoms with E-state index >= 15 is 0 Å². The van der Waals surface area contributed by atoms with E-state index in [-0.39, 0.29) is 12.3 Å². The zero-order valence-corrected chi connectivity index (χ0v) is 4.83. The number of rotatable bonds is 2. The lowest BCUT2D eigenvalue weighted by atomic mass is 10.4. The highest BCUT2D eigenvalue weighted by Gasteiger charge is 2.05. The Hall–Kier alpha value is -1.59. The van der Waals surface area contributed by atoms with Gasteiger partial charge in [-0.15, -0.1) is 5.10 Å². The quantitative estimate of drug-likeness (QED) is 0.554. The van der Waals surface area contributed by atoms with Gasteiger partial charge < -0.3 is 9.52 Å². The summed E-state index contributed by atoms with van der Waals surface area (Å²) in [6.07, 6.45) is -0.376. The summed E-state index contributed by atoms with van der Waals surface area (Å²) in [6.45, 7) is 0. The first-order valence-electron chi connectivity index (χ1n) is 2.44. The van der Waals surface area contributed by atoms with Crippen LogP contribution < -0.4 is 5.76 Å². The van der Waals surface area contributed by atoms with Crippen LogP contribution in [0.3, 0.4) is 0 Å². The molecular formula is C4H4N2O4. The molecule has 0 amide bonds. The van der Waals surface area contributed by atoms with Crippen LogP contribution in [0.5, 0.6) is 0 Å². The SMILES string of the molecule is O=C(O)Cc1n[nH]c(=O)o1. The zero-order chi connectivity index (χ0) is 7.56. The Kier molecular flexibility index (Phi) is 1.53. The highest BCUT2D eigenvalue weighted by molar-refractivity contribution is 5.68. The van der Waals surface area contributed by atoms with E-state index in [2.05, 4.69) is 9.52 Å². The molecule has 0 unspecified atom stereocenters. The van der Waals surface area contributed by atoms with Crippen molar-refractivity contribution in [2.24, 2.45) is 0 Å². The average molecular weight is 144 g/mol. The number of aliphatic carboxylic acids is 1. The Labute approximate surface area is 54.5 Å². The fraction of sp³-hybridized carbons (Fsp3) is 0.250. The molecule has 0 saturated heterocycles. The molecule has 0 aliphatic heterocycles. The third-order valence-electron chi connectivity index (χ3n) is 0.785. The molecule has 54 valence electrons. The van der Waals surface area contributed by atoms with E-state index in [4.69, 9.17) is 5.11 Å². The van der Waals surface area contributed by atoms with Gasteiger partial charge in [0.1, 0.15) is 6.42 Å². The minimum Gasteiger partial charge on any atom is -0.481 e. The molecule has 1 rings (SSSR count). The fourth-order valence-corrected chi connectivity index (χ4v) is 0.466. The van der Waals surface area contributed by atoms with Crippen molar-refractivity contribution >= 4 is 5.97 Å². The molecule has 1 heterocycles. The standard InChI is InChI=1S/C4H4N2O4/c7-3(8)1-2-5-6-4(9)10-2/h1H2,(H,6,9)(H,7,8). The Bertz CT molecular complexity index is 285. The minimum atomic E-state index is -1.09. The van der Waals surface area contributed by atoms with Crippen LogP contribution in [-0.4, -0.2) is 21.3 Å². The summed E-state index contributed by atoms with van der Waals surface area (Å²) in [5, 5.41) is 13.4. The average Bonchev–Trinajstić information content (AvgIpc) is 2.13. The number of carbonyl (C=O) groups is 1. The third-order valence-corrected chi connectivity index (χ3v) is 0.785. The van der Waals surface area contributed by atoms with Crippen LogP contribution in [0.15, 0.2) is 9.21 Å². The lowest BCUT2D eigenvalue weighted by Gasteiger charge is -1.81. The van der Waals surface area contributed by atoms with Gasteiger partial charge in [0, 0.05) is 0 Å². The summed E-state index contributed by atoms with van der Waals surface area (Å²) in [6, 6.07) is 0. The van der Waals surface area contributed by atoms with Gasteiger partial charge in [-0.2, -0.15) is 0 Å². The number of hydrogen-bond acceptors (Lipinski definition) is 4. The first-order chi connectivity index (χ1) is 4.68. The predicted molar refractivity (Wildman–Crippen MR) is 28.5 cm³/mol. The molecule has 0 radical (unpaired) electrons. The van der Waals surface area contributed by atoms with Crippen LogP contribution in [0.2, 0.25) is 0 Å². The molecule has 1 aromatic rings. The lowest BCUT2D eigenvalue weighted by molar-refractivity contribution is -0.136. The van der Waals surface area contributed by atoms with Crippen LogP contribution in [0, 0.1) is 0 Å². The first kappa shape index (κ1) is 6.53. The number of nitrogens with one attached hydrogen (secondary N) is 1. The normalized spacial score (nSPS) is 9.60. The second-order valence-corrected chi connectivity index (χ2v) is 1.58. The van der Waals surface area contributed by atoms with Gasteiger partial charge in [-0.1, -0.05) is 0 Å². The zero-order valence-electron chi connectivity index (χ0n) is 4.83. The molecule has 10 heavy (non-hydrogen) atoms. The largest absolute Gasteiger partial charge is 0.481 e. The number of aromatic amines is 1. The van der Waals surface area contributed by atoms with Crippen molar-refractivity contribution in [3.8, 4) is 0 Å². The monoisotopic (exact) mass is 144 g/mol. The summed E-state index contributed by atoms with van der Waals surface area (Å²) < 4.78 is 4.29. The van der Waals surface area contributed by atoms with Gasteiger partial charge in [0.05, 0.1) is 0 Å². The van der Waals surface area contributed by atoms with E-state index in [1.807, 2.05) is 5.10 Å². The smallest absolute Gasteiger partial charge is 0.434 e. The first-order valence-corrected chi connectivity index (χ1v) is 2.44.